The molecule has 0 radical (unpaired) electrons. The van der Waals surface area contributed by atoms with E-state index >= 15 is 0 Å². The fourth-order valence-corrected chi connectivity index (χ4v) is 2.24. The van der Waals surface area contributed by atoms with Crippen LogP contribution in [0.4, 0.5) is 0 Å². The Morgan fingerprint density at radius 3 is 3.07 bits per heavy atom. The summed E-state index contributed by atoms with van der Waals surface area (Å²) in [4.78, 5) is 13.5. The predicted octanol–water partition coefficient (Wildman–Crippen LogP) is -0.582. The smallest absolute Gasteiger partial charge is 0.220 e. The number of nitrogens with one attached hydrogen (secondary N) is 2. The van der Waals surface area contributed by atoms with Gasteiger partial charge in [-0.1, -0.05) is 0 Å². The summed E-state index contributed by atoms with van der Waals surface area (Å²) in [5.41, 5.74) is 0. The molecule has 2 fully saturated rings. The van der Waals surface area contributed by atoms with E-state index in [1.807, 2.05) is 0 Å². The molecule has 0 aliphatic carbocycles. The number of carbonyl (C=O) groups excluding carboxylic acids is 1. The fourth-order valence-electron chi connectivity index (χ4n) is 2.24. The molecule has 2 N–H and O–H groups in total. The van der Waals surface area contributed by atoms with Gasteiger partial charge in [-0.15, -0.1) is 0 Å². The maximum absolute atomic E-state index is 11.0. The van der Waals surface area contributed by atoms with Crippen molar-refractivity contribution in [2.75, 3.05) is 39.3 Å². The zero-order valence-corrected chi connectivity index (χ0v) is 8.59. The Morgan fingerprint density at radius 2 is 2.29 bits per heavy atom. The molecular weight excluding hydrogens is 178 g/mol. The summed E-state index contributed by atoms with van der Waals surface area (Å²) < 4.78 is 0. The molecule has 0 bridgehead atoms. The minimum Gasteiger partial charge on any atom is -0.356 e. The maximum Gasteiger partial charge on any atom is 0.220 e. The molecule has 2 saturated heterocycles. The predicted molar refractivity (Wildman–Crippen MR) is 55.0 cm³/mol. The van der Waals surface area contributed by atoms with Gasteiger partial charge in [0.2, 0.25) is 5.91 Å². The van der Waals surface area contributed by atoms with Crippen molar-refractivity contribution in [1.82, 2.24) is 15.5 Å². The van der Waals surface area contributed by atoms with Gasteiger partial charge in [0.15, 0.2) is 0 Å². The zero-order valence-electron chi connectivity index (χ0n) is 8.59. The van der Waals surface area contributed by atoms with Gasteiger partial charge in [-0.2, -0.15) is 0 Å². The van der Waals surface area contributed by atoms with Crippen molar-refractivity contribution in [1.29, 1.82) is 0 Å². The van der Waals surface area contributed by atoms with Gasteiger partial charge in [0.25, 0.3) is 0 Å². The molecule has 2 aliphatic rings. The van der Waals surface area contributed by atoms with Crippen LogP contribution in [-0.2, 0) is 4.79 Å². The first-order valence-electron chi connectivity index (χ1n) is 5.54. The Kier molecular flexibility index (Phi) is 3.37. The number of hydrogen-bond donors (Lipinski definition) is 2. The van der Waals surface area contributed by atoms with E-state index < -0.39 is 0 Å². The third-order valence-corrected chi connectivity index (χ3v) is 3.01. The van der Waals surface area contributed by atoms with Crippen molar-refractivity contribution in [3.05, 3.63) is 0 Å². The van der Waals surface area contributed by atoms with E-state index in [0.29, 0.717) is 5.92 Å². The molecule has 4 heteroatoms. The van der Waals surface area contributed by atoms with Gasteiger partial charge in [0.05, 0.1) is 0 Å². The van der Waals surface area contributed by atoms with Gasteiger partial charge < -0.3 is 15.5 Å². The van der Waals surface area contributed by atoms with Crippen molar-refractivity contribution < 1.29 is 4.79 Å². The Labute approximate surface area is 85.0 Å². The van der Waals surface area contributed by atoms with Crippen molar-refractivity contribution >= 4 is 5.91 Å². The molecule has 0 aromatic heterocycles. The molecular formula is C10H19N3O. The summed E-state index contributed by atoms with van der Waals surface area (Å²) in [5, 5.41) is 6.28. The molecule has 1 amide bonds. The first-order chi connectivity index (χ1) is 6.84. The number of nitrogens with zero attached hydrogens (tertiary/aromatic N) is 1. The van der Waals surface area contributed by atoms with Crippen molar-refractivity contribution in [2.45, 2.75) is 12.8 Å². The molecule has 2 rings (SSSR count). The van der Waals surface area contributed by atoms with Gasteiger partial charge in [-0.25, -0.2) is 0 Å². The molecule has 0 aromatic rings. The Bertz CT molecular complexity index is 200. The van der Waals surface area contributed by atoms with Gasteiger partial charge in [-0.3, -0.25) is 4.79 Å². The highest BCUT2D eigenvalue weighted by Gasteiger charge is 2.23. The molecule has 0 aromatic carbocycles. The van der Waals surface area contributed by atoms with E-state index in [2.05, 4.69) is 15.5 Å². The summed E-state index contributed by atoms with van der Waals surface area (Å²) in [6.07, 6.45) is 1.96. The molecule has 0 spiro atoms. The highest BCUT2D eigenvalue weighted by molar-refractivity contribution is 5.78. The van der Waals surface area contributed by atoms with Crippen LogP contribution in [0.25, 0.3) is 0 Å². The van der Waals surface area contributed by atoms with E-state index in [1.165, 1.54) is 13.0 Å². The lowest BCUT2D eigenvalue weighted by atomic mass is 10.1. The average molecular weight is 197 g/mol. The van der Waals surface area contributed by atoms with Crippen LogP contribution in [0.3, 0.4) is 0 Å². The van der Waals surface area contributed by atoms with E-state index in [0.717, 1.165) is 39.1 Å². The second-order valence-electron chi connectivity index (χ2n) is 4.28. The number of rotatable bonds is 2. The molecule has 0 saturated carbocycles. The largest absolute Gasteiger partial charge is 0.356 e. The second-order valence-corrected chi connectivity index (χ2v) is 4.28. The van der Waals surface area contributed by atoms with Crippen LogP contribution >= 0.6 is 0 Å². The second kappa shape index (κ2) is 4.75. The zero-order chi connectivity index (χ0) is 9.80. The molecule has 14 heavy (non-hydrogen) atoms. The highest BCUT2D eigenvalue weighted by atomic mass is 16.1. The molecule has 4 nitrogen and oxygen atoms in total. The third-order valence-electron chi connectivity index (χ3n) is 3.01. The quantitative estimate of drug-likeness (QED) is 0.622. The Balaban J connectivity index is 1.75. The first kappa shape index (κ1) is 9.93. The van der Waals surface area contributed by atoms with Crippen LogP contribution in [0.5, 0.6) is 0 Å². The van der Waals surface area contributed by atoms with Crippen LogP contribution in [0.15, 0.2) is 0 Å². The summed E-state index contributed by atoms with van der Waals surface area (Å²) in [6, 6.07) is 0. The molecule has 1 atom stereocenters. The van der Waals surface area contributed by atoms with Gasteiger partial charge in [-0.05, 0) is 25.4 Å². The lowest BCUT2D eigenvalue weighted by Gasteiger charge is -2.22. The average Bonchev–Trinajstić information content (AvgIpc) is 2.43. The fraction of sp³-hybridized carbons (Fsp3) is 0.900. The minimum absolute atomic E-state index is 0.225. The van der Waals surface area contributed by atoms with E-state index in [1.54, 1.807) is 0 Å². The summed E-state index contributed by atoms with van der Waals surface area (Å²) in [6.45, 7) is 6.50. The van der Waals surface area contributed by atoms with Crippen molar-refractivity contribution in [3.8, 4) is 0 Å². The summed E-state index contributed by atoms with van der Waals surface area (Å²) in [5.74, 6) is 0.767. The normalized spacial score (nSPS) is 30.0. The highest BCUT2D eigenvalue weighted by Crippen LogP contribution is 2.11. The molecule has 1 unspecified atom stereocenters. The Morgan fingerprint density at radius 1 is 1.36 bits per heavy atom. The van der Waals surface area contributed by atoms with Gasteiger partial charge in [0, 0.05) is 32.6 Å². The third kappa shape index (κ3) is 2.69. The lowest BCUT2D eigenvalue weighted by Crippen LogP contribution is -2.33. The molecule has 2 heterocycles. The monoisotopic (exact) mass is 197 g/mol. The van der Waals surface area contributed by atoms with Crippen molar-refractivity contribution in [2.24, 2.45) is 5.92 Å². The van der Waals surface area contributed by atoms with Gasteiger partial charge >= 0.3 is 0 Å². The number of amides is 1. The van der Waals surface area contributed by atoms with E-state index in [4.69, 9.17) is 0 Å². The summed E-state index contributed by atoms with van der Waals surface area (Å²) >= 11 is 0. The number of hydrogen-bond acceptors (Lipinski definition) is 3. The maximum atomic E-state index is 11.0. The molecule has 2 aliphatic heterocycles. The standard InChI is InChI=1S/C10H19N3O/c14-10-6-9(7-12-10)8-13-4-1-2-11-3-5-13/h9,11H,1-8H2,(H,12,14). The van der Waals surface area contributed by atoms with E-state index in [-0.39, 0.29) is 5.91 Å². The van der Waals surface area contributed by atoms with Crippen molar-refractivity contribution in [3.63, 3.8) is 0 Å². The molecule has 80 valence electrons. The SMILES string of the molecule is O=C1CC(CN2CCCNCC2)CN1. The summed E-state index contributed by atoms with van der Waals surface area (Å²) in [7, 11) is 0. The first-order valence-corrected chi connectivity index (χ1v) is 5.54. The topological polar surface area (TPSA) is 44.4 Å². The Hall–Kier alpha value is -0.610. The van der Waals surface area contributed by atoms with Crippen LogP contribution in [0.1, 0.15) is 12.8 Å². The van der Waals surface area contributed by atoms with Crippen LogP contribution in [0.2, 0.25) is 0 Å². The minimum atomic E-state index is 0.225. The van der Waals surface area contributed by atoms with Crippen LogP contribution < -0.4 is 10.6 Å². The lowest BCUT2D eigenvalue weighted by molar-refractivity contribution is -0.119. The van der Waals surface area contributed by atoms with Gasteiger partial charge in [0.1, 0.15) is 0 Å². The van der Waals surface area contributed by atoms with E-state index in [9.17, 15) is 4.79 Å². The number of carbonyl (C=O) groups is 1. The van der Waals surface area contributed by atoms with Crippen LogP contribution in [0, 0.1) is 5.92 Å². The van der Waals surface area contributed by atoms with Crippen LogP contribution in [-0.4, -0.2) is 50.1 Å².